The van der Waals surface area contributed by atoms with E-state index in [1.165, 1.54) is 4.57 Å². The smallest absolute Gasteiger partial charge is 0.350 e. The number of nitrogens with zero attached hydrogens (tertiary/aromatic N) is 2. The van der Waals surface area contributed by atoms with Gasteiger partial charge < -0.3 is 18.9 Å². The first-order chi connectivity index (χ1) is 9.89. The maximum Gasteiger partial charge on any atom is 0.350 e. The second-order valence-corrected chi connectivity index (χ2v) is 6.23. The van der Waals surface area contributed by atoms with E-state index in [1.807, 2.05) is 13.0 Å². The van der Waals surface area contributed by atoms with Gasteiger partial charge in [0.15, 0.2) is 0 Å². The second-order valence-electron chi connectivity index (χ2n) is 4.64. The molecule has 2 heterocycles. The van der Waals surface area contributed by atoms with Crippen molar-refractivity contribution in [3.63, 3.8) is 0 Å². The van der Waals surface area contributed by atoms with Crippen LogP contribution in [0.5, 0.6) is 0 Å². The van der Waals surface area contributed by atoms with Crippen molar-refractivity contribution in [2.45, 2.75) is 26.3 Å². The first kappa shape index (κ1) is 15.9. The summed E-state index contributed by atoms with van der Waals surface area (Å²) in [5, 5.41) is 0.716. The minimum absolute atomic E-state index is 0.0118. The van der Waals surface area contributed by atoms with Crippen molar-refractivity contribution >= 4 is 18.7 Å². The van der Waals surface area contributed by atoms with Gasteiger partial charge in [-0.05, 0) is 12.5 Å². The standard InChI is InChI=1S/C12H17N2O6P/c1-2-3-10-6-9-7-14(12(15)13-11(9)20-10)4-5-19-8-21(16,17)18/h6-7H,2-5,8H2,1H3,(H2,16,17,18). The number of aryl methyl sites for hydroxylation is 1. The highest BCUT2D eigenvalue weighted by Gasteiger charge is 2.13. The Balaban J connectivity index is 2.07. The molecule has 8 nitrogen and oxygen atoms in total. The van der Waals surface area contributed by atoms with Crippen molar-refractivity contribution in [1.82, 2.24) is 9.55 Å². The maximum absolute atomic E-state index is 11.8. The van der Waals surface area contributed by atoms with Crippen LogP contribution in [0, 0.1) is 0 Å². The fraction of sp³-hybridized carbons (Fsp3) is 0.500. The average molecular weight is 316 g/mol. The van der Waals surface area contributed by atoms with Crippen LogP contribution >= 0.6 is 7.60 Å². The van der Waals surface area contributed by atoms with Gasteiger partial charge >= 0.3 is 13.3 Å². The molecule has 0 unspecified atom stereocenters. The van der Waals surface area contributed by atoms with Crippen LogP contribution in [0.4, 0.5) is 0 Å². The molecular formula is C12H17N2O6P. The van der Waals surface area contributed by atoms with Gasteiger partial charge in [-0.1, -0.05) is 6.92 Å². The summed E-state index contributed by atoms with van der Waals surface area (Å²) in [4.78, 5) is 32.9. The molecule has 2 rings (SSSR count). The average Bonchev–Trinajstić information content (AvgIpc) is 2.75. The summed E-state index contributed by atoms with van der Waals surface area (Å²) in [6.07, 6.45) is 2.65. The summed E-state index contributed by atoms with van der Waals surface area (Å²) in [5.74, 6) is 0.773. The molecule has 116 valence electrons. The first-order valence-corrected chi connectivity index (χ1v) is 8.31. The lowest BCUT2D eigenvalue weighted by atomic mass is 10.2. The highest BCUT2D eigenvalue weighted by molar-refractivity contribution is 7.51. The Hall–Kier alpha value is -1.47. The summed E-state index contributed by atoms with van der Waals surface area (Å²) < 4.78 is 22.2. The first-order valence-electron chi connectivity index (χ1n) is 6.51. The monoisotopic (exact) mass is 316 g/mol. The van der Waals surface area contributed by atoms with Crippen LogP contribution in [0.25, 0.3) is 11.1 Å². The van der Waals surface area contributed by atoms with Crippen molar-refractivity contribution in [2.75, 3.05) is 13.0 Å². The van der Waals surface area contributed by atoms with E-state index in [0.717, 1.165) is 18.6 Å². The fourth-order valence-corrected chi connectivity index (χ4v) is 2.24. The SMILES string of the molecule is CCCc1cc2cn(CCOCP(=O)(O)O)c(=O)nc2o1. The van der Waals surface area contributed by atoms with Crippen LogP contribution < -0.4 is 5.69 Å². The third-order valence-electron chi connectivity index (χ3n) is 2.76. The molecule has 0 aliphatic carbocycles. The van der Waals surface area contributed by atoms with E-state index < -0.39 is 19.6 Å². The zero-order valence-electron chi connectivity index (χ0n) is 11.6. The molecule has 0 saturated heterocycles. The van der Waals surface area contributed by atoms with E-state index in [-0.39, 0.29) is 13.2 Å². The summed E-state index contributed by atoms with van der Waals surface area (Å²) in [6, 6.07) is 1.83. The van der Waals surface area contributed by atoms with Crippen LogP contribution in [-0.4, -0.2) is 32.3 Å². The molecular weight excluding hydrogens is 299 g/mol. The van der Waals surface area contributed by atoms with E-state index in [4.69, 9.17) is 18.9 Å². The van der Waals surface area contributed by atoms with Crippen molar-refractivity contribution in [3.8, 4) is 0 Å². The molecule has 2 aromatic heterocycles. The van der Waals surface area contributed by atoms with Crippen LogP contribution in [-0.2, 0) is 22.3 Å². The number of aromatic nitrogens is 2. The lowest BCUT2D eigenvalue weighted by Crippen LogP contribution is -2.24. The minimum Gasteiger partial charge on any atom is -0.443 e. The lowest BCUT2D eigenvalue weighted by Gasteiger charge is -2.07. The van der Waals surface area contributed by atoms with Gasteiger partial charge in [0.05, 0.1) is 18.5 Å². The molecule has 0 radical (unpaired) electrons. The van der Waals surface area contributed by atoms with Gasteiger partial charge in [0, 0.05) is 12.6 Å². The quantitative estimate of drug-likeness (QED) is 0.580. The molecule has 0 aromatic carbocycles. The Labute approximate surface area is 120 Å². The van der Waals surface area contributed by atoms with Gasteiger partial charge in [0.1, 0.15) is 12.1 Å². The predicted molar refractivity (Wildman–Crippen MR) is 75.1 cm³/mol. The van der Waals surface area contributed by atoms with E-state index in [0.29, 0.717) is 11.1 Å². The van der Waals surface area contributed by atoms with Gasteiger partial charge in [-0.3, -0.25) is 9.13 Å². The molecule has 0 aliphatic heterocycles. The van der Waals surface area contributed by atoms with E-state index >= 15 is 0 Å². The number of furan rings is 1. The molecule has 0 spiro atoms. The second kappa shape index (κ2) is 6.53. The Kier molecular flexibility index (Phi) is 4.95. The van der Waals surface area contributed by atoms with Gasteiger partial charge in [-0.25, -0.2) is 4.79 Å². The summed E-state index contributed by atoms with van der Waals surface area (Å²) in [7, 11) is -4.18. The van der Waals surface area contributed by atoms with Crippen molar-refractivity contribution in [1.29, 1.82) is 0 Å². The van der Waals surface area contributed by atoms with Crippen LogP contribution in [0.2, 0.25) is 0 Å². The van der Waals surface area contributed by atoms with Gasteiger partial charge in [0.2, 0.25) is 5.71 Å². The van der Waals surface area contributed by atoms with Crippen LogP contribution in [0.15, 0.2) is 21.5 Å². The zero-order chi connectivity index (χ0) is 15.5. The van der Waals surface area contributed by atoms with Gasteiger partial charge in [0.25, 0.3) is 0 Å². The summed E-state index contributed by atoms with van der Waals surface area (Å²) >= 11 is 0. The molecule has 21 heavy (non-hydrogen) atoms. The van der Waals surface area contributed by atoms with Crippen molar-refractivity contribution in [2.24, 2.45) is 0 Å². The lowest BCUT2D eigenvalue weighted by molar-refractivity contribution is 0.148. The summed E-state index contributed by atoms with van der Waals surface area (Å²) in [5.41, 5.74) is -0.185. The molecule has 9 heteroatoms. The Morgan fingerprint density at radius 2 is 2.24 bits per heavy atom. The highest BCUT2D eigenvalue weighted by Crippen LogP contribution is 2.33. The molecule has 2 aromatic rings. The van der Waals surface area contributed by atoms with E-state index in [9.17, 15) is 9.36 Å². The topological polar surface area (TPSA) is 115 Å². The van der Waals surface area contributed by atoms with Crippen molar-refractivity contribution < 1.29 is 23.5 Å². The third kappa shape index (κ3) is 4.50. The summed E-state index contributed by atoms with van der Waals surface area (Å²) in [6.45, 7) is 2.20. The maximum atomic E-state index is 11.8. The molecule has 0 aliphatic rings. The zero-order valence-corrected chi connectivity index (χ0v) is 12.5. The molecule has 2 N–H and O–H groups in total. The predicted octanol–water partition coefficient (Wildman–Crippen LogP) is 1.09. The van der Waals surface area contributed by atoms with Gasteiger partial charge in [-0.15, -0.1) is 0 Å². The molecule has 0 saturated carbocycles. The molecule has 0 amide bonds. The normalized spacial score (nSPS) is 12.1. The molecule has 0 bridgehead atoms. The van der Waals surface area contributed by atoms with Crippen molar-refractivity contribution in [3.05, 3.63) is 28.5 Å². The Bertz CT molecular complexity index is 716. The highest BCUT2D eigenvalue weighted by atomic mass is 31.2. The Morgan fingerprint density at radius 3 is 2.90 bits per heavy atom. The Morgan fingerprint density at radius 1 is 1.48 bits per heavy atom. The number of ether oxygens (including phenoxy) is 1. The minimum atomic E-state index is -4.18. The van der Waals surface area contributed by atoms with Crippen LogP contribution in [0.3, 0.4) is 0 Å². The van der Waals surface area contributed by atoms with Crippen LogP contribution in [0.1, 0.15) is 19.1 Å². The van der Waals surface area contributed by atoms with E-state index in [2.05, 4.69) is 4.98 Å². The molecule has 0 atom stereocenters. The third-order valence-corrected chi connectivity index (χ3v) is 3.28. The number of fused-ring (bicyclic) bond motifs is 1. The van der Waals surface area contributed by atoms with Gasteiger partial charge in [-0.2, -0.15) is 4.98 Å². The largest absolute Gasteiger partial charge is 0.443 e. The number of hydrogen-bond donors (Lipinski definition) is 2. The fourth-order valence-electron chi connectivity index (χ4n) is 1.88. The number of hydrogen-bond acceptors (Lipinski definition) is 5. The van der Waals surface area contributed by atoms with E-state index in [1.54, 1.807) is 6.20 Å². The number of rotatable bonds is 7. The molecule has 0 fully saturated rings.